The summed E-state index contributed by atoms with van der Waals surface area (Å²) in [7, 11) is 0. The van der Waals surface area contributed by atoms with Crippen molar-refractivity contribution < 1.29 is 18.0 Å². The number of benzene rings is 3. The lowest BCUT2D eigenvalue weighted by Crippen LogP contribution is -2.54. The molecule has 0 saturated carbocycles. The van der Waals surface area contributed by atoms with Gasteiger partial charge >= 0.3 is 6.18 Å². The van der Waals surface area contributed by atoms with Gasteiger partial charge in [0, 0.05) is 41.6 Å². The molecule has 5 rings (SSSR count). The van der Waals surface area contributed by atoms with Crippen LogP contribution in [-0.4, -0.2) is 41.1 Å². The van der Waals surface area contributed by atoms with Crippen molar-refractivity contribution in [3.63, 3.8) is 0 Å². The predicted molar refractivity (Wildman–Crippen MR) is 167 cm³/mol. The van der Waals surface area contributed by atoms with Crippen LogP contribution in [0.3, 0.4) is 0 Å². The van der Waals surface area contributed by atoms with Crippen LogP contribution < -0.4 is 10.5 Å². The first kappa shape index (κ1) is 30.9. The monoisotopic (exact) mass is 618 g/mol. The Bertz CT molecular complexity index is 1890. The fourth-order valence-electron chi connectivity index (χ4n) is 6.00. The van der Waals surface area contributed by atoms with E-state index in [0.29, 0.717) is 41.9 Å². The normalized spacial score (nSPS) is 15.5. The maximum absolute atomic E-state index is 14.4. The summed E-state index contributed by atoms with van der Waals surface area (Å²) in [6.07, 6.45) is -3.40. The number of carbonyl (C=O) groups is 1. The number of pyridine rings is 1. The number of hydrogen-bond donors (Lipinski definition) is 0. The Morgan fingerprint density at radius 1 is 1.09 bits per heavy atom. The highest BCUT2D eigenvalue weighted by molar-refractivity contribution is 6.34. The number of amides is 1. The van der Waals surface area contributed by atoms with Crippen LogP contribution in [0, 0.1) is 11.3 Å². The highest BCUT2D eigenvalue weighted by atomic mass is 35.5. The number of para-hydroxylation sites is 1. The lowest BCUT2D eigenvalue weighted by atomic mass is 9.95. The number of fused-ring (bicyclic) bond motifs is 1. The summed E-state index contributed by atoms with van der Waals surface area (Å²) in [5.41, 5.74) is 0.390. The second kappa shape index (κ2) is 11.9. The van der Waals surface area contributed by atoms with Gasteiger partial charge in [0.05, 0.1) is 22.5 Å². The maximum Gasteiger partial charge on any atom is 0.417 e. The Labute approximate surface area is 258 Å². The van der Waals surface area contributed by atoms with Crippen molar-refractivity contribution in [3.8, 4) is 22.9 Å². The molecule has 6 nitrogen and oxygen atoms in total. The van der Waals surface area contributed by atoms with Crippen LogP contribution in [0.15, 0.2) is 78.1 Å². The van der Waals surface area contributed by atoms with E-state index in [1.165, 1.54) is 41.0 Å². The molecule has 0 radical (unpaired) electrons. The van der Waals surface area contributed by atoms with Crippen molar-refractivity contribution in [1.29, 1.82) is 5.26 Å². The summed E-state index contributed by atoms with van der Waals surface area (Å²) < 4.78 is 43.8. The number of piperazine rings is 1. The van der Waals surface area contributed by atoms with E-state index < -0.39 is 17.3 Å². The van der Waals surface area contributed by atoms with Gasteiger partial charge in [-0.2, -0.15) is 18.4 Å². The third-order valence-electron chi connectivity index (χ3n) is 8.07. The maximum atomic E-state index is 14.4. The van der Waals surface area contributed by atoms with E-state index in [-0.39, 0.29) is 39.6 Å². The Morgan fingerprint density at radius 3 is 2.41 bits per heavy atom. The molecule has 0 spiro atoms. The minimum absolute atomic E-state index is 0.00779. The number of carbonyl (C=O) groups excluding carboxylic acids is 1. The van der Waals surface area contributed by atoms with Crippen LogP contribution in [0.25, 0.3) is 27.7 Å². The molecule has 0 N–H and O–H groups in total. The lowest BCUT2D eigenvalue weighted by Gasteiger charge is -2.41. The zero-order valence-electron chi connectivity index (χ0n) is 24.5. The van der Waals surface area contributed by atoms with Gasteiger partial charge in [0.1, 0.15) is 11.6 Å². The lowest BCUT2D eigenvalue weighted by molar-refractivity contribution is -0.137. The van der Waals surface area contributed by atoms with Crippen LogP contribution in [0.2, 0.25) is 5.02 Å². The molecule has 226 valence electrons. The van der Waals surface area contributed by atoms with Crippen molar-refractivity contribution >= 4 is 34.1 Å². The Morgan fingerprint density at radius 2 is 1.77 bits per heavy atom. The summed E-state index contributed by atoms with van der Waals surface area (Å²) >= 11 is 6.79. The highest BCUT2D eigenvalue weighted by Crippen LogP contribution is 2.43. The summed E-state index contributed by atoms with van der Waals surface area (Å²) in [4.78, 5) is 30.2. The average Bonchev–Trinajstić information content (AvgIpc) is 2.99. The van der Waals surface area contributed by atoms with Gasteiger partial charge in [-0.1, -0.05) is 68.4 Å². The van der Waals surface area contributed by atoms with Gasteiger partial charge in [0.25, 0.3) is 5.56 Å². The topological polar surface area (TPSA) is 69.3 Å². The zero-order chi connectivity index (χ0) is 31.9. The van der Waals surface area contributed by atoms with Gasteiger partial charge in [-0.25, -0.2) is 0 Å². The van der Waals surface area contributed by atoms with E-state index in [4.69, 9.17) is 11.6 Å². The molecular formula is C34H30ClF3N4O2. The fourth-order valence-corrected chi connectivity index (χ4v) is 6.27. The van der Waals surface area contributed by atoms with Crippen molar-refractivity contribution in [1.82, 2.24) is 9.47 Å². The Hall–Kier alpha value is -4.55. The fraction of sp³-hybridized carbons (Fsp3) is 0.265. The molecule has 3 aromatic carbocycles. The third-order valence-corrected chi connectivity index (χ3v) is 8.38. The van der Waals surface area contributed by atoms with E-state index in [2.05, 4.69) is 12.6 Å². The van der Waals surface area contributed by atoms with Crippen LogP contribution in [0.4, 0.5) is 18.9 Å². The van der Waals surface area contributed by atoms with Crippen molar-refractivity contribution in [3.05, 3.63) is 105 Å². The van der Waals surface area contributed by atoms with Crippen molar-refractivity contribution in [2.75, 3.05) is 24.5 Å². The van der Waals surface area contributed by atoms with E-state index >= 15 is 0 Å². The van der Waals surface area contributed by atoms with Crippen LogP contribution in [0.5, 0.6) is 0 Å². The summed E-state index contributed by atoms with van der Waals surface area (Å²) in [5, 5.41) is 10.9. The average molecular weight is 619 g/mol. The van der Waals surface area contributed by atoms with Gasteiger partial charge in [-0.05, 0) is 54.3 Å². The van der Waals surface area contributed by atoms with E-state index in [9.17, 15) is 28.0 Å². The highest BCUT2D eigenvalue weighted by Gasteiger charge is 2.35. The van der Waals surface area contributed by atoms with Gasteiger partial charge < -0.3 is 9.80 Å². The molecule has 10 heteroatoms. The number of hydrogen-bond acceptors (Lipinski definition) is 4. The first-order chi connectivity index (χ1) is 20.9. The molecule has 1 aliphatic heterocycles. The van der Waals surface area contributed by atoms with Crippen LogP contribution >= 0.6 is 11.6 Å². The molecule has 4 aromatic rings. The molecular weight excluding hydrogens is 589 g/mol. The molecule has 0 bridgehead atoms. The number of anilines is 1. The number of halogens is 4. The molecule has 1 fully saturated rings. The zero-order valence-corrected chi connectivity index (χ0v) is 25.2. The molecule has 44 heavy (non-hydrogen) atoms. The molecule has 2 heterocycles. The quantitative estimate of drug-likeness (QED) is 0.217. The SMILES string of the molecule is C=CC(=O)N1CCN(c2c(C#N)c(=O)n(-c3ccccc3C(C)C)c3cc(-c4ccccc4C(F)(F)F)c(Cl)cc23)[C@@H](C)C1. The minimum Gasteiger partial charge on any atom is -0.363 e. The van der Waals surface area contributed by atoms with E-state index in [0.717, 1.165) is 11.6 Å². The summed E-state index contributed by atoms with van der Waals surface area (Å²) in [6, 6.07) is 17.3. The Kier molecular flexibility index (Phi) is 8.32. The first-order valence-electron chi connectivity index (χ1n) is 14.1. The van der Waals surface area contributed by atoms with Crippen LogP contribution in [-0.2, 0) is 11.0 Å². The van der Waals surface area contributed by atoms with E-state index in [1.807, 2.05) is 37.8 Å². The molecule has 1 saturated heterocycles. The molecule has 1 amide bonds. The summed E-state index contributed by atoms with van der Waals surface area (Å²) in [5.74, 6) is -0.231. The van der Waals surface area contributed by atoms with Gasteiger partial charge in [-0.3, -0.25) is 14.2 Å². The van der Waals surface area contributed by atoms with Crippen LogP contribution in [0.1, 0.15) is 43.4 Å². The number of nitriles is 1. The molecule has 0 aliphatic carbocycles. The van der Waals surface area contributed by atoms with Gasteiger partial charge in [-0.15, -0.1) is 0 Å². The number of aromatic nitrogens is 1. The second-order valence-corrected chi connectivity index (χ2v) is 11.5. The Balaban J connectivity index is 1.89. The second-order valence-electron chi connectivity index (χ2n) is 11.1. The molecule has 1 atom stereocenters. The minimum atomic E-state index is -4.65. The smallest absolute Gasteiger partial charge is 0.363 e. The molecule has 1 aromatic heterocycles. The summed E-state index contributed by atoms with van der Waals surface area (Å²) in [6.45, 7) is 10.3. The predicted octanol–water partition coefficient (Wildman–Crippen LogP) is 7.55. The molecule has 0 unspecified atom stereocenters. The number of rotatable bonds is 5. The van der Waals surface area contributed by atoms with Gasteiger partial charge in [0.2, 0.25) is 5.91 Å². The molecule has 1 aliphatic rings. The third kappa shape index (κ3) is 5.35. The van der Waals surface area contributed by atoms with Crippen molar-refractivity contribution in [2.45, 2.75) is 38.9 Å². The first-order valence-corrected chi connectivity index (χ1v) is 14.5. The van der Waals surface area contributed by atoms with E-state index in [1.54, 1.807) is 17.0 Å². The van der Waals surface area contributed by atoms with Crippen molar-refractivity contribution in [2.24, 2.45) is 0 Å². The largest absolute Gasteiger partial charge is 0.417 e. The number of alkyl halides is 3. The van der Waals surface area contributed by atoms with Gasteiger partial charge in [0.15, 0.2) is 0 Å². The number of nitrogens with zero attached hydrogens (tertiary/aromatic N) is 4. The standard InChI is InChI=1S/C34H30ClF3N4O2/c1-5-31(43)40-14-15-41(21(4)19-40)32-25-16-28(35)24(23-11-6-8-12-27(23)34(36,37)38)17-30(25)42(33(44)26(32)18-39)29-13-9-7-10-22(29)20(2)3/h5-13,16-17,20-21H,1,14-15,19H2,2-4H3/t21-/m0/s1.